The first-order valence-electron chi connectivity index (χ1n) is 9.84. The Morgan fingerprint density at radius 3 is 2.39 bits per heavy atom. The van der Waals surface area contributed by atoms with E-state index >= 15 is 0 Å². The molecule has 156 valence electrons. The molecule has 4 rings (SSSR count). The molecule has 0 aliphatic carbocycles. The molecule has 2 amide bonds. The third kappa shape index (κ3) is 4.30. The average Bonchev–Trinajstić information content (AvgIpc) is 3.21. The lowest BCUT2D eigenvalue weighted by molar-refractivity contribution is 0.0827. The summed E-state index contributed by atoms with van der Waals surface area (Å²) >= 11 is 0. The number of benzene rings is 3. The molecular formula is C24H22N4O3. The number of nitrogens with one attached hydrogen (secondary N) is 1. The van der Waals surface area contributed by atoms with Crippen LogP contribution in [0.4, 0.5) is 0 Å². The summed E-state index contributed by atoms with van der Waals surface area (Å²) in [4.78, 5) is 26.2. The Bertz CT molecular complexity index is 1260. The first kappa shape index (κ1) is 20.3. The zero-order valence-corrected chi connectivity index (χ0v) is 17.5. The molecule has 0 spiro atoms. The molecule has 4 aromatic rings. The summed E-state index contributed by atoms with van der Waals surface area (Å²) in [7, 11) is 3.47. The lowest BCUT2D eigenvalue weighted by atomic mass is 9.96. The Hall–Kier alpha value is -4.00. The van der Waals surface area contributed by atoms with E-state index in [-0.39, 0.29) is 18.4 Å². The maximum absolute atomic E-state index is 12.5. The molecule has 0 saturated carbocycles. The zero-order chi connectivity index (χ0) is 22.0. The molecule has 7 nitrogen and oxygen atoms in total. The van der Waals surface area contributed by atoms with Gasteiger partial charge in [-0.15, -0.1) is 10.2 Å². The zero-order valence-electron chi connectivity index (χ0n) is 17.5. The van der Waals surface area contributed by atoms with Crippen LogP contribution in [0.2, 0.25) is 0 Å². The molecule has 0 saturated heterocycles. The third-order valence-corrected chi connectivity index (χ3v) is 4.96. The van der Waals surface area contributed by atoms with Crippen molar-refractivity contribution in [2.45, 2.75) is 13.5 Å². The van der Waals surface area contributed by atoms with Crippen LogP contribution in [0.3, 0.4) is 0 Å². The number of aryl methyl sites for hydroxylation is 1. The second-order valence-electron chi connectivity index (χ2n) is 7.42. The minimum absolute atomic E-state index is 0.0317. The molecule has 0 atom stereocenters. The molecule has 1 aromatic heterocycles. The Morgan fingerprint density at radius 1 is 0.968 bits per heavy atom. The van der Waals surface area contributed by atoms with Gasteiger partial charge in [-0.2, -0.15) is 0 Å². The SMILES string of the molecule is Cc1nnc(CNC(=O)c2ccc3c(-c4ccc(C(=O)N(C)C)cc4)cccc3c2)o1. The highest BCUT2D eigenvalue weighted by Crippen LogP contribution is 2.29. The fourth-order valence-electron chi connectivity index (χ4n) is 3.39. The van der Waals surface area contributed by atoms with Crippen molar-refractivity contribution in [3.8, 4) is 11.1 Å². The van der Waals surface area contributed by atoms with Crippen molar-refractivity contribution in [2.75, 3.05) is 14.1 Å². The third-order valence-electron chi connectivity index (χ3n) is 4.96. The van der Waals surface area contributed by atoms with Crippen LogP contribution in [0.25, 0.3) is 21.9 Å². The van der Waals surface area contributed by atoms with Crippen LogP contribution in [0.5, 0.6) is 0 Å². The van der Waals surface area contributed by atoms with E-state index in [1.165, 1.54) is 0 Å². The van der Waals surface area contributed by atoms with E-state index < -0.39 is 0 Å². The van der Waals surface area contributed by atoms with Crippen LogP contribution in [0.1, 0.15) is 32.5 Å². The van der Waals surface area contributed by atoms with Gasteiger partial charge in [-0.25, -0.2) is 0 Å². The summed E-state index contributed by atoms with van der Waals surface area (Å²) < 4.78 is 5.28. The van der Waals surface area contributed by atoms with Gasteiger partial charge in [0.25, 0.3) is 11.8 Å². The Morgan fingerprint density at radius 2 is 1.71 bits per heavy atom. The highest BCUT2D eigenvalue weighted by atomic mass is 16.4. The van der Waals surface area contributed by atoms with E-state index in [1.54, 1.807) is 32.0 Å². The second kappa shape index (κ2) is 8.39. The fraction of sp³-hybridized carbons (Fsp3) is 0.167. The lowest BCUT2D eigenvalue weighted by Crippen LogP contribution is -2.22. The van der Waals surface area contributed by atoms with Gasteiger partial charge in [0.05, 0.1) is 6.54 Å². The number of fused-ring (bicyclic) bond motifs is 1. The van der Waals surface area contributed by atoms with Gasteiger partial charge in [0.1, 0.15) is 0 Å². The van der Waals surface area contributed by atoms with E-state index in [2.05, 4.69) is 15.5 Å². The molecule has 1 N–H and O–H groups in total. The molecule has 0 bridgehead atoms. The van der Waals surface area contributed by atoms with Crippen molar-refractivity contribution in [3.05, 3.63) is 83.6 Å². The maximum atomic E-state index is 12.5. The van der Waals surface area contributed by atoms with E-state index in [0.29, 0.717) is 22.9 Å². The van der Waals surface area contributed by atoms with E-state index in [4.69, 9.17) is 4.42 Å². The highest BCUT2D eigenvalue weighted by Gasteiger charge is 2.12. The average molecular weight is 414 g/mol. The Balaban J connectivity index is 1.58. The van der Waals surface area contributed by atoms with Crippen molar-refractivity contribution in [1.29, 1.82) is 0 Å². The number of rotatable bonds is 5. The van der Waals surface area contributed by atoms with Gasteiger partial charge in [-0.1, -0.05) is 36.4 Å². The molecule has 0 unspecified atom stereocenters. The van der Waals surface area contributed by atoms with Crippen molar-refractivity contribution < 1.29 is 14.0 Å². The summed E-state index contributed by atoms with van der Waals surface area (Å²) in [6.45, 7) is 1.88. The monoisotopic (exact) mass is 414 g/mol. The summed E-state index contributed by atoms with van der Waals surface area (Å²) in [6, 6.07) is 19.1. The van der Waals surface area contributed by atoms with Crippen LogP contribution in [0.15, 0.2) is 65.1 Å². The predicted octanol–water partition coefficient (Wildman–Crippen LogP) is 3.83. The fourth-order valence-corrected chi connectivity index (χ4v) is 3.39. The highest BCUT2D eigenvalue weighted by molar-refractivity contribution is 6.03. The minimum Gasteiger partial charge on any atom is -0.424 e. The van der Waals surface area contributed by atoms with Crippen molar-refractivity contribution in [2.24, 2.45) is 0 Å². The topological polar surface area (TPSA) is 88.3 Å². The molecule has 3 aromatic carbocycles. The normalized spacial score (nSPS) is 10.8. The summed E-state index contributed by atoms with van der Waals surface area (Å²) in [5, 5.41) is 12.4. The van der Waals surface area contributed by atoms with Gasteiger partial charge >= 0.3 is 0 Å². The number of hydrogen-bond acceptors (Lipinski definition) is 5. The lowest BCUT2D eigenvalue weighted by Gasteiger charge is -2.12. The number of nitrogens with zero attached hydrogens (tertiary/aromatic N) is 3. The summed E-state index contributed by atoms with van der Waals surface area (Å²) in [6.07, 6.45) is 0. The van der Waals surface area contributed by atoms with Crippen molar-refractivity contribution in [1.82, 2.24) is 20.4 Å². The molecule has 0 aliphatic heterocycles. The molecule has 1 heterocycles. The largest absolute Gasteiger partial charge is 0.424 e. The predicted molar refractivity (Wildman–Crippen MR) is 118 cm³/mol. The smallest absolute Gasteiger partial charge is 0.253 e. The first-order valence-corrected chi connectivity index (χ1v) is 9.84. The van der Waals surface area contributed by atoms with Gasteiger partial charge in [-0.3, -0.25) is 9.59 Å². The van der Waals surface area contributed by atoms with Gasteiger partial charge in [0.2, 0.25) is 11.8 Å². The second-order valence-corrected chi connectivity index (χ2v) is 7.42. The number of aromatic nitrogens is 2. The summed E-state index contributed by atoms with van der Waals surface area (Å²) in [5.74, 6) is 0.581. The Labute approximate surface area is 179 Å². The molecule has 0 radical (unpaired) electrons. The standard InChI is InChI=1S/C24H22N4O3/c1-15-26-27-22(31-15)14-25-23(29)19-11-12-21-18(13-19)5-4-6-20(21)16-7-9-17(10-8-16)24(30)28(2)3/h4-13H,14H2,1-3H3,(H,25,29). The van der Waals surface area contributed by atoms with Crippen molar-refractivity contribution in [3.63, 3.8) is 0 Å². The number of carbonyl (C=O) groups excluding carboxylic acids is 2. The summed E-state index contributed by atoms with van der Waals surface area (Å²) in [5.41, 5.74) is 3.23. The molecule has 0 fully saturated rings. The van der Waals surface area contributed by atoms with E-state index in [1.807, 2.05) is 54.6 Å². The minimum atomic E-state index is -0.213. The van der Waals surface area contributed by atoms with Crippen LogP contribution in [-0.4, -0.2) is 41.0 Å². The van der Waals surface area contributed by atoms with Gasteiger partial charge in [0.15, 0.2) is 0 Å². The molecular weight excluding hydrogens is 392 g/mol. The van der Waals surface area contributed by atoms with E-state index in [9.17, 15) is 9.59 Å². The molecule has 0 aliphatic rings. The Kier molecular flexibility index (Phi) is 5.49. The van der Waals surface area contributed by atoms with Crippen LogP contribution in [-0.2, 0) is 6.54 Å². The quantitative estimate of drug-likeness (QED) is 0.536. The maximum Gasteiger partial charge on any atom is 0.253 e. The van der Waals surface area contributed by atoms with Gasteiger partial charge in [0, 0.05) is 32.1 Å². The van der Waals surface area contributed by atoms with Crippen LogP contribution < -0.4 is 5.32 Å². The number of hydrogen-bond donors (Lipinski definition) is 1. The molecule has 31 heavy (non-hydrogen) atoms. The van der Waals surface area contributed by atoms with Crippen LogP contribution in [0, 0.1) is 6.92 Å². The van der Waals surface area contributed by atoms with Gasteiger partial charge < -0.3 is 14.6 Å². The number of amides is 2. The van der Waals surface area contributed by atoms with E-state index in [0.717, 1.165) is 21.9 Å². The first-order chi connectivity index (χ1) is 14.9. The van der Waals surface area contributed by atoms with Crippen LogP contribution >= 0.6 is 0 Å². The molecule has 7 heteroatoms. The van der Waals surface area contributed by atoms with Crippen molar-refractivity contribution >= 4 is 22.6 Å². The van der Waals surface area contributed by atoms with Gasteiger partial charge in [-0.05, 0) is 46.2 Å². The number of carbonyl (C=O) groups is 2.